The third-order valence-electron chi connectivity index (χ3n) is 4.60. The van der Waals surface area contributed by atoms with Crippen LogP contribution in [-0.4, -0.2) is 39.1 Å². The molecule has 24 heavy (non-hydrogen) atoms. The van der Waals surface area contributed by atoms with Crippen molar-refractivity contribution >= 4 is 0 Å². The molecule has 0 saturated carbocycles. The second-order valence-corrected chi connectivity index (χ2v) is 6.48. The van der Waals surface area contributed by atoms with Crippen LogP contribution in [0.25, 0.3) is 0 Å². The summed E-state index contributed by atoms with van der Waals surface area (Å²) in [5, 5.41) is 13.7. The molecule has 0 aromatic carbocycles. The number of pyridine rings is 2. The summed E-state index contributed by atoms with van der Waals surface area (Å²) >= 11 is 0. The highest BCUT2D eigenvalue weighted by atomic mass is 16.3. The largest absolute Gasteiger partial charge is 0.506 e. The average Bonchev–Trinajstić information content (AvgIpc) is 2.88. The monoisotopic (exact) mass is 326 g/mol. The highest BCUT2D eigenvalue weighted by molar-refractivity contribution is 5.27. The molecule has 2 aromatic heterocycles. The zero-order chi connectivity index (χ0) is 16.8. The first-order valence-corrected chi connectivity index (χ1v) is 8.72. The Kier molecular flexibility index (Phi) is 5.77. The number of nitrogens with zero attached hydrogens (tertiary/aromatic N) is 3. The molecule has 1 fully saturated rings. The van der Waals surface area contributed by atoms with E-state index in [1.54, 1.807) is 6.07 Å². The molecule has 5 nitrogen and oxygen atoms in total. The summed E-state index contributed by atoms with van der Waals surface area (Å²) in [7, 11) is 0. The topological polar surface area (TPSA) is 61.3 Å². The van der Waals surface area contributed by atoms with Crippen LogP contribution < -0.4 is 5.32 Å². The second-order valence-electron chi connectivity index (χ2n) is 6.48. The summed E-state index contributed by atoms with van der Waals surface area (Å²) in [6.07, 6.45) is 5.28. The van der Waals surface area contributed by atoms with Gasteiger partial charge in [-0.25, -0.2) is 0 Å². The third-order valence-corrected chi connectivity index (χ3v) is 4.60. The summed E-state index contributed by atoms with van der Waals surface area (Å²) in [4.78, 5) is 11.4. The number of aromatic hydroxyl groups is 1. The van der Waals surface area contributed by atoms with Crippen molar-refractivity contribution in [2.24, 2.45) is 0 Å². The van der Waals surface area contributed by atoms with Crippen LogP contribution in [0.4, 0.5) is 0 Å². The summed E-state index contributed by atoms with van der Waals surface area (Å²) < 4.78 is 0. The maximum absolute atomic E-state index is 10.2. The molecule has 0 unspecified atom stereocenters. The molecule has 5 heteroatoms. The Morgan fingerprint density at radius 3 is 2.92 bits per heavy atom. The molecule has 1 aliphatic heterocycles. The van der Waals surface area contributed by atoms with Crippen LogP contribution in [0.3, 0.4) is 0 Å². The van der Waals surface area contributed by atoms with E-state index in [2.05, 4.69) is 26.3 Å². The first-order chi connectivity index (χ1) is 11.7. The Bertz CT molecular complexity index is 639. The van der Waals surface area contributed by atoms with Gasteiger partial charge in [0.2, 0.25) is 0 Å². The van der Waals surface area contributed by atoms with Crippen molar-refractivity contribution in [1.29, 1.82) is 0 Å². The van der Waals surface area contributed by atoms with E-state index in [1.807, 2.05) is 31.3 Å². The van der Waals surface area contributed by atoms with Crippen molar-refractivity contribution in [2.45, 2.75) is 45.3 Å². The molecule has 1 atom stereocenters. The van der Waals surface area contributed by atoms with Gasteiger partial charge >= 0.3 is 0 Å². The number of rotatable bonds is 5. The summed E-state index contributed by atoms with van der Waals surface area (Å²) in [5.74, 6) is 0.276. The summed E-state index contributed by atoms with van der Waals surface area (Å²) in [5.41, 5.74) is 2.74. The van der Waals surface area contributed by atoms with Gasteiger partial charge in [0, 0.05) is 31.0 Å². The van der Waals surface area contributed by atoms with Gasteiger partial charge < -0.3 is 10.4 Å². The van der Waals surface area contributed by atoms with E-state index in [9.17, 15) is 5.11 Å². The van der Waals surface area contributed by atoms with E-state index in [1.165, 1.54) is 6.42 Å². The first-order valence-electron chi connectivity index (χ1n) is 8.72. The zero-order valence-electron chi connectivity index (χ0n) is 14.3. The van der Waals surface area contributed by atoms with Gasteiger partial charge in [-0.1, -0.05) is 6.07 Å². The molecular weight excluding hydrogens is 300 g/mol. The maximum atomic E-state index is 10.2. The standard InChI is InChI=1S/C19H26N4O/c1-15-7-8-19(24)18(22-15)14-23(13-16-5-2-3-11-21-16)17-6-4-10-20-12-9-17/h2-3,5,7-8,11,17,20,24H,4,6,9-10,12-14H2,1H3/t17-/m1/s1. The molecular formula is C19H26N4O. The Labute approximate surface area is 143 Å². The van der Waals surface area contributed by atoms with Gasteiger partial charge in [-0.3, -0.25) is 14.9 Å². The van der Waals surface area contributed by atoms with Gasteiger partial charge in [-0.15, -0.1) is 0 Å². The number of hydrogen-bond acceptors (Lipinski definition) is 5. The van der Waals surface area contributed by atoms with Gasteiger partial charge in [0.15, 0.2) is 0 Å². The fourth-order valence-corrected chi connectivity index (χ4v) is 3.29. The van der Waals surface area contributed by atoms with E-state index in [4.69, 9.17) is 0 Å². The Morgan fingerprint density at radius 1 is 1.17 bits per heavy atom. The van der Waals surface area contributed by atoms with E-state index < -0.39 is 0 Å². The highest BCUT2D eigenvalue weighted by Gasteiger charge is 2.22. The van der Waals surface area contributed by atoms with Crippen LogP contribution in [0, 0.1) is 6.92 Å². The number of aromatic nitrogens is 2. The van der Waals surface area contributed by atoms with Gasteiger partial charge in [0.05, 0.1) is 11.4 Å². The molecule has 128 valence electrons. The minimum atomic E-state index is 0.276. The molecule has 0 spiro atoms. The van der Waals surface area contributed by atoms with Crippen molar-refractivity contribution in [2.75, 3.05) is 13.1 Å². The fraction of sp³-hybridized carbons (Fsp3) is 0.474. The first kappa shape index (κ1) is 16.9. The van der Waals surface area contributed by atoms with E-state index in [0.717, 1.165) is 49.6 Å². The highest BCUT2D eigenvalue weighted by Crippen LogP contribution is 2.22. The molecule has 1 aliphatic rings. The Balaban J connectivity index is 1.81. The molecule has 0 aliphatic carbocycles. The van der Waals surface area contributed by atoms with E-state index in [-0.39, 0.29) is 5.75 Å². The van der Waals surface area contributed by atoms with Crippen molar-refractivity contribution in [3.8, 4) is 5.75 Å². The van der Waals surface area contributed by atoms with Crippen LogP contribution in [0.1, 0.15) is 36.3 Å². The molecule has 3 rings (SSSR count). The molecule has 0 radical (unpaired) electrons. The molecule has 2 N–H and O–H groups in total. The lowest BCUT2D eigenvalue weighted by atomic mass is 10.1. The van der Waals surface area contributed by atoms with Crippen LogP contribution in [0.2, 0.25) is 0 Å². The molecule has 0 amide bonds. The minimum Gasteiger partial charge on any atom is -0.506 e. The Hall–Kier alpha value is -1.98. The fourth-order valence-electron chi connectivity index (χ4n) is 3.29. The number of hydrogen-bond donors (Lipinski definition) is 2. The van der Waals surface area contributed by atoms with Gasteiger partial charge in [-0.05, 0) is 63.5 Å². The Morgan fingerprint density at radius 2 is 2.08 bits per heavy atom. The lowest BCUT2D eigenvalue weighted by Crippen LogP contribution is -2.35. The van der Waals surface area contributed by atoms with Crippen LogP contribution >= 0.6 is 0 Å². The number of aryl methyl sites for hydroxylation is 1. The second kappa shape index (κ2) is 8.22. The molecule has 2 aromatic rings. The van der Waals surface area contributed by atoms with E-state index >= 15 is 0 Å². The van der Waals surface area contributed by atoms with Gasteiger partial charge in [0.25, 0.3) is 0 Å². The van der Waals surface area contributed by atoms with Crippen LogP contribution in [0.5, 0.6) is 5.75 Å². The van der Waals surface area contributed by atoms with Crippen LogP contribution in [-0.2, 0) is 13.1 Å². The van der Waals surface area contributed by atoms with Crippen molar-refractivity contribution < 1.29 is 5.11 Å². The van der Waals surface area contributed by atoms with Crippen molar-refractivity contribution in [3.05, 3.63) is 53.6 Å². The predicted octanol–water partition coefficient (Wildman–Crippen LogP) is 2.63. The zero-order valence-corrected chi connectivity index (χ0v) is 14.3. The normalized spacial score (nSPS) is 18.5. The molecule has 3 heterocycles. The lowest BCUT2D eigenvalue weighted by molar-refractivity contribution is 0.158. The maximum Gasteiger partial charge on any atom is 0.138 e. The van der Waals surface area contributed by atoms with Gasteiger partial charge in [0.1, 0.15) is 5.75 Å². The lowest BCUT2D eigenvalue weighted by Gasteiger charge is -2.30. The summed E-state index contributed by atoms with van der Waals surface area (Å²) in [6.45, 7) is 5.51. The predicted molar refractivity (Wildman–Crippen MR) is 94.6 cm³/mol. The smallest absolute Gasteiger partial charge is 0.138 e. The number of nitrogens with one attached hydrogen (secondary N) is 1. The summed E-state index contributed by atoms with van der Waals surface area (Å²) in [6, 6.07) is 10.1. The SMILES string of the molecule is Cc1ccc(O)c(CN(Cc2ccccn2)[C@@H]2CCCNCC2)n1. The third kappa shape index (κ3) is 4.52. The average molecular weight is 326 g/mol. The van der Waals surface area contributed by atoms with Crippen molar-refractivity contribution in [1.82, 2.24) is 20.2 Å². The minimum absolute atomic E-state index is 0.276. The van der Waals surface area contributed by atoms with E-state index in [0.29, 0.717) is 12.6 Å². The van der Waals surface area contributed by atoms with Gasteiger partial charge in [-0.2, -0.15) is 0 Å². The molecule has 0 bridgehead atoms. The molecule has 1 saturated heterocycles. The van der Waals surface area contributed by atoms with Crippen molar-refractivity contribution in [3.63, 3.8) is 0 Å². The quantitative estimate of drug-likeness (QED) is 0.884. The van der Waals surface area contributed by atoms with Crippen LogP contribution in [0.15, 0.2) is 36.5 Å².